The van der Waals surface area contributed by atoms with Gasteiger partial charge >= 0.3 is 0 Å². The van der Waals surface area contributed by atoms with Gasteiger partial charge in [0.25, 0.3) is 0 Å². The summed E-state index contributed by atoms with van der Waals surface area (Å²) >= 11 is 0. The fourth-order valence-corrected chi connectivity index (χ4v) is 2.62. The summed E-state index contributed by atoms with van der Waals surface area (Å²) < 4.78 is 1.90. The Labute approximate surface area is 98.2 Å². The van der Waals surface area contributed by atoms with E-state index in [-0.39, 0.29) is 0 Å². The van der Waals surface area contributed by atoms with Crippen LogP contribution in [0, 0.1) is 5.41 Å². The minimum Gasteiger partial charge on any atom is -0.316 e. The van der Waals surface area contributed by atoms with Crippen LogP contribution in [0.25, 0.3) is 0 Å². The molecular weight excluding hydrogens is 198 g/mol. The lowest BCUT2D eigenvalue weighted by Crippen LogP contribution is -2.41. The topological polar surface area (TPSA) is 29.9 Å². The summed E-state index contributed by atoms with van der Waals surface area (Å²) in [4.78, 5) is 0. The summed E-state index contributed by atoms with van der Waals surface area (Å²) in [6, 6.07) is 0. The standard InChI is InChI=1S/C13H23N3/c1-3-7-14-11-13(5-4-6-13)8-12-9-15-16(2)10-12/h9-10,14H,3-8,11H2,1-2H3. The number of hydrogen-bond acceptors (Lipinski definition) is 2. The lowest BCUT2D eigenvalue weighted by atomic mass is 9.65. The maximum Gasteiger partial charge on any atom is 0.0521 e. The Morgan fingerprint density at radius 2 is 2.31 bits per heavy atom. The maximum absolute atomic E-state index is 4.25. The van der Waals surface area contributed by atoms with Crippen LogP contribution < -0.4 is 5.32 Å². The molecule has 0 aliphatic heterocycles. The van der Waals surface area contributed by atoms with Gasteiger partial charge in [-0.25, -0.2) is 0 Å². The van der Waals surface area contributed by atoms with Crippen LogP contribution in [0.1, 0.15) is 38.2 Å². The van der Waals surface area contributed by atoms with E-state index in [9.17, 15) is 0 Å². The molecule has 1 saturated carbocycles. The quantitative estimate of drug-likeness (QED) is 0.746. The van der Waals surface area contributed by atoms with Gasteiger partial charge in [-0.3, -0.25) is 4.68 Å². The van der Waals surface area contributed by atoms with Gasteiger partial charge in [-0.05, 0) is 43.2 Å². The van der Waals surface area contributed by atoms with Crippen molar-refractivity contribution in [2.45, 2.75) is 39.0 Å². The first-order chi connectivity index (χ1) is 7.74. The SMILES string of the molecule is CCCNCC1(Cc2cnn(C)c2)CCC1. The molecule has 1 N–H and O–H groups in total. The molecule has 1 heterocycles. The van der Waals surface area contributed by atoms with Crippen molar-refractivity contribution in [1.29, 1.82) is 0 Å². The Kier molecular flexibility index (Phi) is 3.64. The normalized spacial score (nSPS) is 18.4. The van der Waals surface area contributed by atoms with Crippen LogP contribution in [-0.4, -0.2) is 22.9 Å². The van der Waals surface area contributed by atoms with Crippen molar-refractivity contribution in [2.24, 2.45) is 12.5 Å². The first kappa shape index (κ1) is 11.6. The molecular formula is C13H23N3. The third kappa shape index (κ3) is 2.64. The Balaban J connectivity index is 1.89. The molecule has 3 nitrogen and oxygen atoms in total. The fraction of sp³-hybridized carbons (Fsp3) is 0.769. The largest absolute Gasteiger partial charge is 0.316 e. The van der Waals surface area contributed by atoms with Gasteiger partial charge in [0.05, 0.1) is 6.20 Å². The Bertz CT molecular complexity index is 326. The molecule has 1 aromatic heterocycles. The summed E-state index contributed by atoms with van der Waals surface area (Å²) in [6.45, 7) is 4.55. The van der Waals surface area contributed by atoms with Gasteiger partial charge in [0.1, 0.15) is 0 Å². The van der Waals surface area contributed by atoms with Crippen molar-refractivity contribution in [3.05, 3.63) is 18.0 Å². The van der Waals surface area contributed by atoms with Gasteiger partial charge in [0.2, 0.25) is 0 Å². The van der Waals surface area contributed by atoms with E-state index in [1.54, 1.807) is 0 Å². The molecule has 0 bridgehead atoms. The molecule has 1 aliphatic carbocycles. The lowest BCUT2D eigenvalue weighted by Gasteiger charge is -2.42. The van der Waals surface area contributed by atoms with Crippen LogP contribution >= 0.6 is 0 Å². The highest BCUT2D eigenvalue weighted by Crippen LogP contribution is 2.43. The van der Waals surface area contributed by atoms with E-state index in [4.69, 9.17) is 0 Å². The number of aryl methyl sites for hydroxylation is 1. The van der Waals surface area contributed by atoms with Crippen molar-refractivity contribution < 1.29 is 0 Å². The Morgan fingerprint density at radius 3 is 2.81 bits per heavy atom. The molecule has 3 heteroatoms. The zero-order valence-electron chi connectivity index (χ0n) is 10.5. The minimum atomic E-state index is 0.526. The number of nitrogens with zero attached hydrogens (tertiary/aromatic N) is 2. The highest BCUT2D eigenvalue weighted by atomic mass is 15.2. The summed E-state index contributed by atoms with van der Waals surface area (Å²) in [7, 11) is 1.99. The second-order valence-corrected chi connectivity index (χ2v) is 5.23. The maximum atomic E-state index is 4.25. The Hall–Kier alpha value is -0.830. The van der Waals surface area contributed by atoms with Crippen LogP contribution in [0.4, 0.5) is 0 Å². The molecule has 1 aromatic rings. The summed E-state index contributed by atoms with van der Waals surface area (Å²) in [5, 5.41) is 7.83. The van der Waals surface area contributed by atoms with Crippen molar-refractivity contribution >= 4 is 0 Å². The van der Waals surface area contributed by atoms with Gasteiger partial charge in [0.15, 0.2) is 0 Å². The average Bonchev–Trinajstić information content (AvgIpc) is 2.60. The molecule has 0 unspecified atom stereocenters. The van der Waals surface area contributed by atoms with Crippen molar-refractivity contribution in [3.8, 4) is 0 Å². The van der Waals surface area contributed by atoms with Crippen LogP contribution in [-0.2, 0) is 13.5 Å². The predicted octanol–water partition coefficient (Wildman–Crippen LogP) is 2.13. The molecule has 0 aromatic carbocycles. The summed E-state index contributed by atoms with van der Waals surface area (Å²) in [5.74, 6) is 0. The average molecular weight is 221 g/mol. The van der Waals surface area contributed by atoms with Crippen LogP contribution in [0.15, 0.2) is 12.4 Å². The van der Waals surface area contributed by atoms with E-state index in [0.717, 1.165) is 6.54 Å². The minimum absolute atomic E-state index is 0.526. The van der Waals surface area contributed by atoms with Gasteiger partial charge in [-0.1, -0.05) is 13.3 Å². The van der Waals surface area contributed by atoms with Crippen molar-refractivity contribution in [2.75, 3.05) is 13.1 Å². The molecule has 0 saturated heterocycles. The third-order valence-corrected chi connectivity index (χ3v) is 3.68. The van der Waals surface area contributed by atoms with E-state index in [1.807, 2.05) is 17.9 Å². The van der Waals surface area contributed by atoms with Crippen molar-refractivity contribution in [1.82, 2.24) is 15.1 Å². The van der Waals surface area contributed by atoms with Crippen LogP contribution in [0.3, 0.4) is 0 Å². The third-order valence-electron chi connectivity index (χ3n) is 3.68. The van der Waals surface area contributed by atoms with Crippen LogP contribution in [0.5, 0.6) is 0 Å². The number of aromatic nitrogens is 2. The number of hydrogen-bond donors (Lipinski definition) is 1. The lowest BCUT2D eigenvalue weighted by molar-refractivity contribution is 0.130. The fourth-order valence-electron chi connectivity index (χ4n) is 2.62. The predicted molar refractivity (Wildman–Crippen MR) is 66.4 cm³/mol. The molecule has 0 amide bonds. The molecule has 0 atom stereocenters. The molecule has 1 aliphatic rings. The van der Waals surface area contributed by atoms with E-state index >= 15 is 0 Å². The number of nitrogens with one attached hydrogen (secondary N) is 1. The van der Waals surface area contributed by atoms with Gasteiger partial charge in [-0.15, -0.1) is 0 Å². The van der Waals surface area contributed by atoms with Crippen LogP contribution in [0.2, 0.25) is 0 Å². The monoisotopic (exact) mass is 221 g/mol. The molecule has 16 heavy (non-hydrogen) atoms. The molecule has 90 valence electrons. The summed E-state index contributed by atoms with van der Waals surface area (Å²) in [5.41, 5.74) is 1.92. The highest BCUT2D eigenvalue weighted by molar-refractivity contribution is 5.09. The zero-order valence-corrected chi connectivity index (χ0v) is 10.5. The molecule has 1 fully saturated rings. The van der Waals surface area contributed by atoms with E-state index in [0.29, 0.717) is 5.41 Å². The van der Waals surface area contributed by atoms with Gasteiger partial charge < -0.3 is 5.32 Å². The number of rotatable bonds is 6. The summed E-state index contributed by atoms with van der Waals surface area (Å²) in [6.07, 6.45) is 10.7. The van der Waals surface area contributed by atoms with Crippen molar-refractivity contribution in [3.63, 3.8) is 0 Å². The first-order valence-corrected chi connectivity index (χ1v) is 6.42. The highest BCUT2D eigenvalue weighted by Gasteiger charge is 2.36. The van der Waals surface area contributed by atoms with E-state index < -0.39 is 0 Å². The van der Waals surface area contributed by atoms with Gasteiger partial charge in [0, 0.05) is 19.8 Å². The van der Waals surface area contributed by atoms with E-state index in [2.05, 4.69) is 23.5 Å². The van der Waals surface area contributed by atoms with Gasteiger partial charge in [-0.2, -0.15) is 5.10 Å². The second-order valence-electron chi connectivity index (χ2n) is 5.23. The second kappa shape index (κ2) is 5.00. The smallest absolute Gasteiger partial charge is 0.0521 e. The Morgan fingerprint density at radius 1 is 1.50 bits per heavy atom. The molecule has 2 rings (SSSR count). The van der Waals surface area contributed by atoms with E-state index in [1.165, 1.54) is 44.2 Å². The first-order valence-electron chi connectivity index (χ1n) is 6.42. The zero-order chi connectivity index (χ0) is 11.4. The molecule has 0 spiro atoms. The molecule has 0 radical (unpaired) electrons.